The van der Waals surface area contributed by atoms with Gasteiger partial charge in [-0.15, -0.1) is 0 Å². The third-order valence-electron chi connectivity index (χ3n) is 4.53. The van der Waals surface area contributed by atoms with E-state index >= 15 is 0 Å². The van der Waals surface area contributed by atoms with Crippen molar-refractivity contribution in [3.8, 4) is 5.75 Å². The largest absolute Gasteiger partial charge is 0.496 e. The second-order valence-corrected chi connectivity index (χ2v) is 6.18. The summed E-state index contributed by atoms with van der Waals surface area (Å²) in [5.74, 6) is 1.21. The molecule has 1 atom stereocenters. The molecule has 1 saturated heterocycles. The highest BCUT2D eigenvalue weighted by Gasteiger charge is 2.31. The molecule has 1 aromatic heterocycles. The quantitative estimate of drug-likeness (QED) is 0.602. The lowest BCUT2D eigenvalue weighted by Gasteiger charge is -2.24. The van der Waals surface area contributed by atoms with E-state index in [1.165, 1.54) is 19.2 Å². The van der Waals surface area contributed by atoms with Crippen LogP contribution in [0, 0.1) is 10.1 Å². The zero-order valence-corrected chi connectivity index (χ0v) is 14.5. The highest BCUT2D eigenvalue weighted by Crippen LogP contribution is 2.28. The molecule has 2 aromatic rings. The average molecular weight is 359 g/mol. The molecule has 3 rings (SSSR count). The summed E-state index contributed by atoms with van der Waals surface area (Å²) >= 11 is 0. The second kappa shape index (κ2) is 8.01. The van der Waals surface area contributed by atoms with E-state index in [4.69, 9.17) is 9.15 Å². The van der Waals surface area contributed by atoms with Crippen LogP contribution in [0.15, 0.2) is 41.0 Å². The van der Waals surface area contributed by atoms with E-state index in [9.17, 15) is 14.9 Å². The van der Waals surface area contributed by atoms with E-state index in [0.717, 1.165) is 19.4 Å². The first-order valence-corrected chi connectivity index (χ1v) is 8.44. The van der Waals surface area contributed by atoms with Gasteiger partial charge in [0.2, 0.25) is 5.91 Å². The van der Waals surface area contributed by atoms with E-state index in [2.05, 4.69) is 5.32 Å². The van der Waals surface area contributed by atoms with Crippen LogP contribution in [0.5, 0.6) is 5.75 Å². The molecule has 8 nitrogen and oxygen atoms in total. The van der Waals surface area contributed by atoms with Crippen LogP contribution in [0.2, 0.25) is 0 Å². The summed E-state index contributed by atoms with van der Waals surface area (Å²) in [5, 5.41) is 13.9. The number of likely N-dealkylation sites (tertiary alicyclic amines) is 1. The average Bonchev–Trinajstić information content (AvgIpc) is 3.31. The fourth-order valence-corrected chi connectivity index (χ4v) is 3.24. The van der Waals surface area contributed by atoms with E-state index < -0.39 is 4.92 Å². The first-order chi connectivity index (χ1) is 12.6. The zero-order valence-electron chi connectivity index (χ0n) is 14.5. The molecule has 1 aromatic carbocycles. The Morgan fingerprint density at radius 2 is 2.31 bits per heavy atom. The van der Waals surface area contributed by atoms with Gasteiger partial charge in [-0.1, -0.05) is 0 Å². The number of hydrogen-bond donors (Lipinski definition) is 1. The number of amides is 1. The lowest BCUT2D eigenvalue weighted by molar-refractivity contribution is -0.385. The molecule has 26 heavy (non-hydrogen) atoms. The van der Waals surface area contributed by atoms with Crippen LogP contribution in [0.3, 0.4) is 0 Å². The number of hydrogen-bond acceptors (Lipinski definition) is 6. The molecule has 0 aliphatic carbocycles. The van der Waals surface area contributed by atoms with Crippen LogP contribution in [-0.2, 0) is 17.9 Å². The molecule has 2 heterocycles. The van der Waals surface area contributed by atoms with Crippen molar-refractivity contribution >= 4 is 11.6 Å². The van der Waals surface area contributed by atoms with Crippen LogP contribution in [-0.4, -0.2) is 35.4 Å². The van der Waals surface area contributed by atoms with Gasteiger partial charge >= 0.3 is 0 Å². The molecule has 1 unspecified atom stereocenters. The molecule has 1 aliphatic heterocycles. The Hall–Kier alpha value is -2.87. The number of nitrogens with one attached hydrogen (secondary N) is 1. The van der Waals surface area contributed by atoms with Crippen molar-refractivity contribution in [2.45, 2.75) is 32.0 Å². The van der Waals surface area contributed by atoms with Crippen molar-refractivity contribution < 1.29 is 18.9 Å². The number of nitro benzene ring substituents is 1. The van der Waals surface area contributed by atoms with Crippen LogP contribution in [0.25, 0.3) is 0 Å². The molecule has 0 radical (unpaired) electrons. The summed E-state index contributed by atoms with van der Waals surface area (Å²) in [7, 11) is 1.53. The first-order valence-electron chi connectivity index (χ1n) is 8.44. The Kier molecular flexibility index (Phi) is 5.52. The smallest absolute Gasteiger partial charge is 0.270 e. The fourth-order valence-electron chi connectivity index (χ4n) is 3.24. The number of non-ortho nitro benzene ring substituents is 1. The monoisotopic (exact) mass is 359 g/mol. The van der Waals surface area contributed by atoms with Gasteiger partial charge in [-0.3, -0.25) is 19.8 Å². The maximum absolute atomic E-state index is 12.5. The Morgan fingerprint density at radius 1 is 1.46 bits per heavy atom. The van der Waals surface area contributed by atoms with Gasteiger partial charge in [-0.2, -0.15) is 0 Å². The van der Waals surface area contributed by atoms with Crippen molar-refractivity contribution in [3.05, 3.63) is 58.0 Å². The van der Waals surface area contributed by atoms with Crippen molar-refractivity contribution in [2.75, 3.05) is 13.7 Å². The summed E-state index contributed by atoms with van der Waals surface area (Å²) < 4.78 is 10.5. The Labute approximate surface area is 150 Å². The predicted molar refractivity (Wildman–Crippen MR) is 93.6 cm³/mol. The minimum absolute atomic E-state index is 0.0128. The molecule has 0 spiro atoms. The number of nitrogens with zero attached hydrogens (tertiary/aromatic N) is 2. The molecule has 1 amide bonds. The number of rotatable bonds is 7. The SMILES string of the molecule is COc1ccc([N+](=O)[O-])cc1CN1CCCC1C(=O)NCc1ccco1. The van der Waals surface area contributed by atoms with Gasteiger partial charge in [0, 0.05) is 24.2 Å². The van der Waals surface area contributed by atoms with Crippen molar-refractivity contribution in [3.63, 3.8) is 0 Å². The van der Waals surface area contributed by atoms with E-state index in [-0.39, 0.29) is 17.6 Å². The molecule has 1 fully saturated rings. The number of furan rings is 1. The maximum atomic E-state index is 12.5. The topological polar surface area (TPSA) is 97.9 Å². The first kappa shape index (κ1) is 17.9. The van der Waals surface area contributed by atoms with Crippen LogP contribution in [0.4, 0.5) is 5.69 Å². The lowest BCUT2D eigenvalue weighted by Crippen LogP contribution is -2.42. The Balaban J connectivity index is 1.69. The van der Waals surface area contributed by atoms with E-state index in [0.29, 0.717) is 30.2 Å². The molecule has 138 valence electrons. The summed E-state index contributed by atoms with van der Waals surface area (Å²) in [5.41, 5.74) is 0.714. The summed E-state index contributed by atoms with van der Waals surface area (Å²) in [6, 6.07) is 7.83. The van der Waals surface area contributed by atoms with Crippen LogP contribution >= 0.6 is 0 Å². The summed E-state index contributed by atoms with van der Waals surface area (Å²) in [4.78, 5) is 25.2. The molecular weight excluding hydrogens is 338 g/mol. The van der Waals surface area contributed by atoms with Crippen LogP contribution in [0.1, 0.15) is 24.2 Å². The fraction of sp³-hybridized carbons (Fsp3) is 0.389. The predicted octanol–water partition coefficient (Wildman–Crippen LogP) is 2.48. The van der Waals surface area contributed by atoms with Crippen molar-refractivity contribution in [1.82, 2.24) is 10.2 Å². The van der Waals surface area contributed by atoms with Gasteiger partial charge in [0.25, 0.3) is 5.69 Å². The third-order valence-corrected chi connectivity index (χ3v) is 4.53. The number of nitro groups is 1. The highest BCUT2D eigenvalue weighted by atomic mass is 16.6. The molecule has 1 N–H and O–H groups in total. The van der Waals surface area contributed by atoms with Gasteiger partial charge in [-0.05, 0) is 37.6 Å². The third kappa shape index (κ3) is 4.02. The normalized spacial score (nSPS) is 17.2. The van der Waals surface area contributed by atoms with Crippen molar-refractivity contribution in [1.29, 1.82) is 0 Å². The van der Waals surface area contributed by atoms with Gasteiger partial charge in [0.05, 0.1) is 30.9 Å². The van der Waals surface area contributed by atoms with E-state index in [1.807, 2.05) is 4.90 Å². The molecule has 1 aliphatic rings. The minimum Gasteiger partial charge on any atom is -0.496 e. The lowest BCUT2D eigenvalue weighted by atomic mass is 10.1. The number of benzene rings is 1. The molecular formula is C18H21N3O5. The maximum Gasteiger partial charge on any atom is 0.270 e. The molecule has 0 bridgehead atoms. The highest BCUT2D eigenvalue weighted by molar-refractivity contribution is 5.82. The number of methoxy groups -OCH3 is 1. The Morgan fingerprint density at radius 3 is 3.00 bits per heavy atom. The van der Waals surface area contributed by atoms with Gasteiger partial charge in [0.15, 0.2) is 0 Å². The number of carbonyl (C=O) groups excluding carboxylic acids is 1. The Bertz CT molecular complexity index is 775. The van der Waals surface area contributed by atoms with Crippen molar-refractivity contribution in [2.24, 2.45) is 0 Å². The standard InChI is InChI=1S/C18H21N3O5/c1-25-17-7-6-14(21(23)24)10-13(17)12-20-8-2-5-16(20)18(22)19-11-15-4-3-9-26-15/h3-4,6-7,9-10,16H,2,5,8,11-12H2,1H3,(H,19,22). The molecule has 8 heteroatoms. The van der Waals surface area contributed by atoms with Gasteiger partial charge < -0.3 is 14.5 Å². The second-order valence-electron chi connectivity index (χ2n) is 6.18. The number of carbonyl (C=O) groups is 1. The van der Waals surface area contributed by atoms with E-state index in [1.54, 1.807) is 24.5 Å². The summed E-state index contributed by atoms with van der Waals surface area (Å²) in [6.07, 6.45) is 3.22. The summed E-state index contributed by atoms with van der Waals surface area (Å²) in [6.45, 7) is 1.52. The van der Waals surface area contributed by atoms with Crippen LogP contribution < -0.4 is 10.1 Å². The zero-order chi connectivity index (χ0) is 18.5. The molecule has 0 saturated carbocycles. The van der Waals surface area contributed by atoms with Gasteiger partial charge in [0.1, 0.15) is 11.5 Å². The minimum atomic E-state index is -0.430. The van der Waals surface area contributed by atoms with Gasteiger partial charge in [-0.25, -0.2) is 0 Å². The number of ether oxygens (including phenoxy) is 1.